The van der Waals surface area contributed by atoms with E-state index < -0.39 is 0 Å². The average molecular weight is 288 g/mol. The summed E-state index contributed by atoms with van der Waals surface area (Å²) in [5, 5.41) is 0. The molecule has 0 aromatic heterocycles. The molecule has 4 aliphatic rings. The highest BCUT2D eigenvalue weighted by Gasteiger charge is 2.36. The molecule has 0 N–H and O–H groups in total. The van der Waals surface area contributed by atoms with Crippen LogP contribution in [0.3, 0.4) is 0 Å². The van der Waals surface area contributed by atoms with Crippen molar-refractivity contribution in [3.8, 4) is 0 Å². The molecule has 0 aromatic rings. The van der Waals surface area contributed by atoms with Gasteiger partial charge in [-0.15, -0.1) is 0 Å². The molecule has 118 valence electrons. The molecule has 21 heavy (non-hydrogen) atoms. The van der Waals surface area contributed by atoms with Crippen molar-refractivity contribution >= 4 is 0 Å². The molecule has 0 unspecified atom stereocenters. The molecule has 0 spiro atoms. The number of fused-ring (bicyclic) bond motifs is 2. The molecule has 3 atom stereocenters. The Balaban J connectivity index is 1.24. The predicted molar refractivity (Wildman–Crippen MR) is 88.3 cm³/mol. The fraction of sp³-hybridized carbons (Fsp3) is 0.895. The summed E-state index contributed by atoms with van der Waals surface area (Å²) in [5.74, 6) is 2.84. The van der Waals surface area contributed by atoms with Gasteiger partial charge in [0.1, 0.15) is 0 Å². The SMILES string of the molecule is C1=C[C@@H]2C[C@H]1C[C@H]2CN1CCN(C2CCCCCC2)CC1. The summed E-state index contributed by atoms with van der Waals surface area (Å²) in [6.45, 7) is 6.70. The van der Waals surface area contributed by atoms with Gasteiger partial charge in [0.25, 0.3) is 0 Å². The maximum atomic E-state index is 2.82. The normalized spacial score (nSPS) is 39.0. The Hall–Kier alpha value is -0.340. The molecule has 0 amide bonds. The van der Waals surface area contributed by atoms with Crippen LogP contribution < -0.4 is 0 Å². The summed E-state index contributed by atoms with van der Waals surface area (Å²) in [4.78, 5) is 5.59. The van der Waals surface area contributed by atoms with Crippen molar-refractivity contribution in [3.05, 3.63) is 12.2 Å². The zero-order valence-electron chi connectivity index (χ0n) is 13.6. The average Bonchev–Trinajstić information content (AvgIpc) is 3.02. The van der Waals surface area contributed by atoms with Crippen molar-refractivity contribution in [1.29, 1.82) is 0 Å². The summed E-state index contributed by atoms with van der Waals surface area (Å²) in [7, 11) is 0. The molecule has 2 saturated carbocycles. The van der Waals surface area contributed by atoms with Gasteiger partial charge in [-0.1, -0.05) is 37.8 Å². The molecule has 2 heteroatoms. The van der Waals surface area contributed by atoms with Gasteiger partial charge in [0, 0.05) is 38.8 Å². The van der Waals surface area contributed by atoms with E-state index in [1.54, 1.807) is 0 Å². The standard InChI is InChI=1S/C19H32N2/c1-2-4-6-19(5-3-1)21-11-9-20(10-12-21)15-18-14-16-7-8-17(18)13-16/h7-8,16-19H,1-6,9-15H2/t16-,17+,18-/m0/s1. The summed E-state index contributed by atoms with van der Waals surface area (Å²) < 4.78 is 0. The first kappa shape index (κ1) is 14.3. The van der Waals surface area contributed by atoms with Gasteiger partial charge in [-0.25, -0.2) is 0 Å². The first-order chi connectivity index (χ1) is 10.4. The van der Waals surface area contributed by atoms with Gasteiger partial charge in [-0.2, -0.15) is 0 Å². The molecule has 1 saturated heterocycles. The van der Waals surface area contributed by atoms with E-state index in [0.29, 0.717) is 0 Å². The van der Waals surface area contributed by atoms with Gasteiger partial charge < -0.3 is 4.90 Å². The molecule has 0 aromatic carbocycles. The zero-order valence-corrected chi connectivity index (χ0v) is 13.6. The Kier molecular flexibility index (Phi) is 4.36. The Bertz CT molecular complexity index is 362. The molecule has 2 bridgehead atoms. The lowest BCUT2D eigenvalue weighted by Gasteiger charge is -2.40. The van der Waals surface area contributed by atoms with Crippen LogP contribution in [0, 0.1) is 17.8 Å². The summed E-state index contributed by atoms with van der Waals surface area (Å²) >= 11 is 0. The highest BCUT2D eigenvalue weighted by Crippen LogP contribution is 2.43. The summed E-state index contributed by atoms with van der Waals surface area (Å²) in [6, 6.07) is 0.917. The van der Waals surface area contributed by atoms with E-state index in [9.17, 15) is 0 Å². The second-order valence-corrected chi connectivity index (χ2v) is 8.02. The van der Waals surface area contributed by atoms with Gasteiger partial charge in [-0.05, 0) is 43.4 Å². The van der Waals surface area contributed by atoms with Gasteiger partial charge in [-0.3, -0.25) is 4.90 Å². The third-order valence-electron chi connectivity index (χ3n) is 6.66. The fourth-order valence-corrected chi connectivity index (χ4v) is 5.37. The number of nitrogens with zero attached hydrogens (tertiary/aromatic N) is 2. The van der Waals surface area contributed by atoms with Crippen molar-refractivity contribution in [2.75, 3.05) is 32.7 Å². The van der Waals surface area contributed by atoms with Crippen LogP contribution in [0.4, 0.5) is 0 Å². The highest BCUT2D eigenvalue weighted by atomic mass is 15.3. The topological polar surface area (TPSA) is 6.48 Å². The third-order valence-corrected chi connectivity index (χ3v) is 6.66. The molecule has 4 rings (SSSR count). The van der Waals surface area contributed by atoms with E-state index in [1.807, 2.05) is 0 Å². The van der Waals surface area contributed by atoms with Crippen LogP contribution in [0.15, 0.2) is 12.2 Å². The fourth-order valence-electron chi connectivity index (χ4n) is 5.37. The number of hydrogen-bond acceptors (Lipinski definition) is 2. The number of rotatable bonds is 3. The zero-order chi connectivity index (χ0) is 14.1. The first-order valence-electron chi connectivity index (χ1n) is 9.53. The van der Waals surface area contributed by atoms with E-state index in [2.05, 4.69) is 22.0 Å². The van der Waals surface area contributed by atoms with E-state index in [-0.39, 0.29) is 0 Å². The number of piperazine rings is 1. The van der Waals surface area contributed by atoms with E-state index in [0.717, 1.165) is 23.8 Å². The molecule has 1 heterocycles. The minimum atomic E-state index is 0.917. The minimum Gasteiger partial charge on any atom is -0.300 e. The van der Waals surface area contributed by atoms with Crippen LogP contribution in [0.25, 0.3) is 0 Å². The Morgan fingerprint density at radius 1 is 0.810 bits per heavy atom. The summed E-state index contributed by atoms with van der Waals surface area (Å²) in [5.41, 5.74) is 0. The lowest BCUT2D eigenvalue weighted by Crippen LogP contribution is -2.51. The van der Waals surface area contributed by atoms with E-state index in [4.69, 9.17) is 0 Å². The molecular weight excluding hydrogens is 256 g/mol. The quantitative estimate of drug-likeness (QED) is 0.579. The smallest absolute Gasteiger partial charge is 0.0113 e. The molecule has 3 aliphatic carbocycles. The summed E-state index contributed by atoms with van der Waals surface area (Å²) in [6.07, 6.45) is 16.8. The molecule has 0 radical (unpaired) electrons. The van der Waals surface area contributed by atoms with Gasteiger partial charge in [0.2, 0.25) is 0 Å². The van der Waals surface area contributed by atoms with Gasteiger partial charge in [0.15, 0.2) is 0 Å². The van der Waals surface area contributed by atoms with Crippen molar-refractivity contribution in [2.24, 2.45) is 17.8 Å². The van der Waals surface area contributed by atoms with Crippen molar-refractivity contribution in [1.82, 2.24) is 9.80 Å². The molecule has 2 nitrogen and oxygen atoms in total. The second-order valence-electron chi connectivity index (χ2n) is 8.02. The van der Waals surface area contributed by atoms with Crippen LogP contribution in [-0.2, 0) is 0 Å². The largest absolute Gasteiger partial charge is 0.300 e. The van der Waals surface area contributed by atoms with Crippen molar-refractivity contribution in [3.63, 3.8) is 0 Å². The highest BCUT2D eigenvalue weighted by molar-refractivity contribution is 5.10. The van der Waals surface area contributed by atoms with Crippen LogP contribution >= 0.6 is 0 Å². The maximum absolute atomic E-state index is 2.82. The lowest BCUT2D eigenvalue weighted by molar-refractivity contribution is 0.0770. The van der Waals surface area contributed by atoms with Crippen LogP contribution in [-0.4, -0.2) is 48.6 Å². The molecular formula is C19H32N2. The number of hydrogen-bond donors (Lipinski definition) is 0. The molecule has 1 aliphatic heterocycles. The van der Waals surface area contributed by atoms with Crippen molar-refractivity contribution in [2.45, 2.75) is 57.4 Å². The number of allylic oxidation sites excluding steroid dienone is 2. The Morgan fingerprint density at radius 3 is 2.19 bits per heavy atom. The first-order valence-corrected chi connectivity index (χ1v) is 9.53. The second kappa shape index (κ2) is 6.42. The van der Waals surface area contributed by atoms with Crippen LogP contribution in [0.2, 0.25) is 0 Å². The van der Waals surface area contributed by atoms with Crippen LogP contribution in [0.5, 0.6) is 0 Å². The van der Waals surface area contributed by atoms with E-state index in [1.165, 1.54) is 84.1 Å². The monoisotopic (exact) mass is 288 g/mol. The Labute approximate surface area is 130 Å². The maximum Gasteiger partial charge on any atom is 0.0113 e. The third kappa shape index (κ3) is 3.22. The molecule has 3 fully saturated rings. The van der Waals surface area contributed by atoms with Gasteiger partial charge >= 0.3 is 0 Å². The van der Waals surface area contributed by atoms with Gasteiger partial charge in [0.05, 0.1) is 0 Å². The minimum absolute atomic E-state index is 0.917. The lowest BCUT2D eigenvalue weighted by atomic mass is 9.93. The van der Waals surface area contributed by atoms with E-state index >= 15 is 0 Å². The van der Waals surface area contributed by atoms with Crippen molar-refractivity contribution < 1.29 is 0 Å². The van der Waals surface area contributed by atoms with Crippen LogP contribution in [0.1, 0.15) is 51.4 Å². The Morgan fingerprint density at radius 2 is 1.57 bits per heavy atom. The predicted octanol–water partition coefficient (Wildman–Crippen LogP) is 3.54.